The van der Waals surface area contributed by atoms with Crippen molar-refractivity contribution in [1.29, 1.82) is 5.26 Å². The van der Waals surface area contributed by atoms with E-state index in [-0.39, 0.29) is 28.0 Å². The van der Waals surface area contributed by atoms with E-state index in [0.717, 1.165) is 39.8 Å². The Morgan fingerprint density at radius 1 is 1.47 bits per heavy atom. The van der Waals surface area contributed by atoms with Gasteiger partial charge in [-0.2, -0.15) is 18.4 Å². The van der Waals surface area contributed by atoms with Crippen LogP contribution in [-0.2, 0) is 24.0 Å². The molecule has 3 heterocycles. The molecule has 0 saturated carbocycles. The molecule has 2 aliphatic heterocycles. The number of carbonyl (C=O) groups excluding carboxylic acids is 3. The molecule has 0 radical (unpaired) electrons. The van der Waals surface area contributed by atoms with Gasteiger partial charge in [-0.15, -0.1) is 34.9 Å². The number of oxime groups is 1. The van der Waals surface area contributed by atoms with Gasteiger partial charge in [-0.3, -0.25) is 14.5 Å². The van der Waals surface area contributed by atoms with Crippen molar-refractivity contribution in [3.63, 3.8) is 0 Å². The fraction of sp³-hybridized carbons (Fsp3) is 0.312. The van der Waals surface area contributed by atoms with Gasteiger partial charge in [0.25, 0.3) is 11.8 Å². The lowest BCUT2D eigenvalue weighted by Gasteiger charge is -2.49. The van der Waals surface area contributed by atoms with Crippen LogP contribution in [-0.4, -0.2) is 73.6 Å². The van der Waals surface area contributed by atoms with Gasteiger partial charge in [0.05, 0.1) is 11.8 Å². The number of amides is 2. The van der Waals surface area contributed by atoms with Gasteiger partial charge in [0.2, 0.25) is 0 Å². The molecule has 4 N–H and O–H groups in total. The zero-order chi connectivity index (χ0) is 25.2. The topological polar surface area (TPSA) is 188 Å². The average Bonchev–Trinajstić information content (AvgIpc) is 3.20. The van der Waals surface area contributed by atoms with E-state index in [9.17, 15) is 37.5 Å². The number of fused-ring (bicyclic) bond motifs is 1. The molecule has 2 amide bonds. The van der Waals surface area contributed by atoms with E-state index in [0.29, 0.717) is 4.91 Å². The summed E-state index contributed by atoms with van der Waals surface area (Å²) in [5.41, 5.74) is 3.99. The molecule has 1 aromatic rings. The average molecular weight is 536 g/mol. The molecule has 12 nitrogen and oxygen atoms in total. The number of halogens is 3. The summed E-state index contributed by atoms with van der Waals surface area (Å²) in [6.45, 7) is 0. The Morgan fingerprint density at radius 2 is 2.18 bits per heavy atom. The molecule has 0 aliphatic carbocycles. The van der Waals surface area contributed by atoms with Gasteiger partial charge < -0.3 is 21.0 Å². The van der Waals surface area contributed by atoms with Crippen LogP contribution in [0.4, 0.5) is 18.3 Å². The van der Waals surface area contributed by atoms with Crippen molar-refractivity contribution in [2.45, 2.75) is 17.6 Å². The maximum absolute atomic E-state index is 12.7. The molecule has 0 aromatic carbocycles. The highest BCUT2D eigenvalue weighted by atomic mass is 32.2. The predicted molar refractivity (Wildman–Crippen MR) is 113 cm³/mol. The van der Waals surface area contributed by atoms with Crippen molar-refractivity contribution < 1.29 is 42.3 Å². The lowest BCUT2D eigenvalue weighted by molar-refractivity contribution is -0.199. The van der Waals surface area contributed by atoms with Crippen molar-refractivity contribution in [1.82, 2.24) is 15.2 Å². The number of carboxylic acid groups (broad SMARTS) is 1. The van der Waals surface area contributed by atoms with Crippen LogP contribution in [0.5, 0.6) is 0 Å². The van der Waals surface area contributed by atoms with Crippen LogP contribution in [0.25, 0.3) is 0 Å². The summed E-state index contributed by atoms with van der Waals surface area (Å²) in [5, 5.41) is 23.7. The Hall–Kier alpha value is -3.30. The highest BCUT2D eigenvalue weighted by Crippen LogP contribution is 2.43. The van der Waals surface area contributed by atoms with Gasteiger partial charge in [0, 0.05) is 16.0 Å². The summed E-state index contributed by atoms with van der Waals surface area (Å²) < 4.78 is 37.3. The smallest absolute Gasteiger partial charge is 0.477 e. The number of β-lactam (4-membered cyclic amide) rings is 1. The molecular weight excluding hydrogens is 525 g/mol. The molecular formula is C16H11F3N6O6S3. The molecule has 1 aromatic heterocycles. The number of hydrogen-bond donors (Lipinski definition) is 3. The number of thioether (sulfide) groups is 2. The molecule has 1 fully saturated rings. The van der Waals surface area contributed by atoms with Gasteiger partial charge >= 0.3 is 18.1 Å². The third-order valence-electron chi connectivity index (χ3n) is 4.16. The first-order valence-electron chi connectivity index (χ1n) is 8.75. The number of alkyl halides is 3. The molecule has 0 unspecified atom stereocenters. The standard InChI is InChI=1S/C16H11F3N6O6S3/c17-16(18,19)14(30)31-24-7(5-3-34-15(21)22-5)10(26)23-8-11(27)25-9(13(28)29)6(32-2-1-20)4-33-12(8)25/h3,8,12H,2,4H2,(H2,21,22)(H,23,26)(H,28,29)/b24-7-/t8-,12+/m1/s1. The van der Waals surface area contributed by atoms with Crippen molar-refractivity contribution in [2.75, 3.05) is 17.2 Å². The number of nitriles is 1. The van der Waals surface area contributed by atoms with Crippen molar-refractivity contribution in [3.05, 3.63) is 21.7 Å². The molecule has 0 spiro atoms. The minimum Gasteiger partial charge on any atom is -0.477 e. The number of aromatic nitrogens is 1. The van der Waals surface area contributed by atoms with Gasteiger partial charge in [-0.05, 0) is 0 Å². The zero-order valence-electron chi connectivity index (χ0n) is 16.4. The van der Waals surface area contributed by atoms with E-state index >= 15 is 0 Å². The normalized spacial score (nSPS) is 20.2. The molecule has 2 aliphatic rings. The molecule has 18 heteroatoms. The van der Waals surface area contributed by atoms with Gasteiger partial charge in [-0.1, -0.05) is 5.16 Å². The minimum absolute atomic E-state index is 0.0349. The molecule has 2 atom stereocenters. The first-order valence-corrected chi connectivity index (χ1v) is 11.7. The van der Waals surface area contributed by atoms with Crippen LogP contribution < -0.4 is 11.1 Å². The van der Waals surface area contributed by atoms with Gasteiger partial charge in [0.15, 0.2) is 10.8 Å². The van der Waals surface area contributed by atoms with Crippen LogP contribution in [0.3, 0.4) is 0 Å². The van der Waals surface area contributed by atoms with Crippen LogP contribution in [0.2, 0.25) is 0 Å². The van der Waals surface area contributed by atoms with Crippen LogP contribution in [0.1, 0.15) is 5.69 Å². The number of aliphatic carboxylic acids is 1. The number of carboxylic acids is 1. The molecule has 3 rings (SSSR count). The highest BCUT2D eigenvalue weighted by Gasteiger charge is 2.54. The summed E-state index contributed by atoms with van der Waals surface area (Å²) in [6.07, 6.45) is -5.38. The maximum atomic E-state index is 12.7. The predicted octanol–water partition coefficient (Wildman–Crippen LogP) is 0.488. The number of nitrogens with two attached hydrogens (primary N) is 1. The first-order chi connectivity index (χ1) is 16.0. The Morgan fingerprint density at radius 3 is 2.74 bits per heavy atom. The first kappa shape index (κ1) is 25.3. The van der Waals surface area contributed by atoms with E-state index in [4.69, 9.17) is 11.0 Å². The van der Waals surface area contributed by atoms with E-state index in [1.54, 1.807) is 0 Å². The van der Waals surface area contributed by atoms with Gasteiger partial charge in [-0.25, -0.2) is 14.6 Å². The summed E-state index contributed by atoms with van der Waals surface area (Å²) >= 11 is 2.90. The fourth-order valence-electron chi connectivity index (χ4n) is 2.77. The fourth-order valence-corrected chi connectivity index (χ4v) is 5.61. The Kier molecular flexibility index (Phi) is 7.38. The molecule has 180 valence electrons. The quantitative estimate of drug-likeness (QED) is 0.190. The summed E-state index contributed by atoms with van der Waals surface area (Å²) in [5.74, 6) is -5.99. The number of nitrogens with one attached hydrogen (secondary N) is 1. The lowest BCUT2D eigenvalue weighted by atomic mass is 10.0. The summed E-state index contributed by atoms with van der Waals surface area (Å²) in [7, 11) is 0. The second kappa shape index (κ2) is 9.90. The molecule has 1 saturated heterocycles. The zero-order valence-corrected chi connectivity index (χ0v) is 18.8. The van der Waals surface area contributed by atoms with Crippen LogP contribution >= 0.6 is 34.9 Å². The lowest BCUT2D eigenvalue weighted by Crippen LogP contribution is -2.71. The van der Waals surface area contributed by atoms with E-state index in [1.165, 1.54) is 5.38 Å². The third kappa shape index (κ3) is 5.10. The second-order valence-electron chi connectivity index (χ2n) is 6.27. The van der Waals surface area contributed by atoms with Crippen molar-refractivity contribution in [3.8, 4) is 6.07 Å². The largest absolute Gasteiger partial charge is 0.493 e. The molecule has 0 bridgehead atoms. The number of rotatable bonds is 7. The second-order valence-corrected chi connectivity index (χ2v) is 9.34. The van der Waals surface area contributed by atoms with Crippen molar-refractivity contribution in [2.24, 2.45) is 5.16 Å². The van der Waals surface area contributed by atoms with E-state index in [1.807, 2.05) is 6.07 Å². The Balaban J connectivity index is 1.81. The molecule has 34 heavy (non-hydrogen) atoms. The number of hydrogen-bond acceptors (Lipinski definition) is 12. The van der Waals surface area contributed by atoms with Crippen LogP contribution in [0.15, 0.2) is 21.1 Å². The minimum atomic E-state index is -5.38. The summed E-state index contributed by atoms with van der Waals surface area (Å²) in [6, 6.07) is 0.601. The summed E-state index contributed by atoms with van der Waals surface area (Å²) in [4.78, 5) is 56.8. The number of anilines is 1. The highest BCUT2D eigenvalue weighted by molar-refractivity contribution is 8.06. The number of carbonyl (C=O) groups is 4. The number of nitrogens with zero attached hydrogens (tertiary/aromatic N) is 4. The third-order valence-corrected chi connectivity index (χ3v) is 7.26. The van der Waals surface area contributed by atoms with E-state index in [2.05, 4.69) is 20.3 Å². The SMILES string of the molecule is N#CCSC1=C(C(=O)O)N2C(=O)[C@@H](NC(=O)/C(=N\OC(=O)C(F)(F)F)c3csc(N)n3)[C@@H]2SC1. The monoisotopic (exact) mass is 536 g/mol. The number of nitrogen functional groups attached to an aromatic ring is 1. The van der Waals surface area contributed by atoms with Crippen LogP contribution in [0, 0.1) is 11.3 Å². The van der Waals surface area contributed by atoms with Crippen molar-refractivity contribution >= 4 is 69.5 Å². The maximum Gasteiger partial charge on any atom is 0.493 e. The Labute approximate surface area is 200 Å². The van der Waals surface area contributed by atoms with Gasteiger partial charge in [0.1, 0.15) is 22.8 Å². The van der Waals surface area contributed by atoms with E-state index < -0.39 is 47.1 Å². The Bertz CT molecular complexity index is 1160. The number of thiazole rings is 1.